The van der Waals surface area contributed by atoms with E-state index in [2.05, 4.69) is 185 Å². The van der Waals surface area contributed by atoms with Gasteiger partial charge in [0.25, 0.3) is 0 Å². The lowest BCUT2D eigenvalue weighted by Crippen LogP contribution is -2.30. The van der Waals surface area contributed by atoms with E-state index in [0.29, 0.717) is 5.89 Å². The first-order chi connectivity index (χ1) is 28.3. The Bertz CT molecular complexity index is 3100. The van der Waals surface area contributed by atoms with Crippen LogP contribution in [0.4, 0.5) is 11.4 Å². The van der Waals surface area contributed by atoms with Gasteiger partial charge in [0.1, 0.15) is 5.52 Å². The van der Waals surface area contributed by atoms with E-state index in [1.165, 1.54) is 44.3 Å². The summed E-state index contributed by atoms with van der Waals surface area (Å²) in [6.07, 6.45) is 7.94. The highest BCUT2D eigenvalue weighted by Gasteiger charge is 2.24. The van der Waals surface area contributed by atoms with Crippen LogP contribution in [0.3, 0.4) is 0 Å². The first-order valence-electron chi connectivity index (χ1n) is 19.6. The fourth-order valence-corrected chi connectivity index (χ4v) is 8.71. The third kappa shape index (κ3) is 5.65. The monoisotopic (exact) mass is 731 g/mol. The topological polar surface area (TPSA) is 34.2 Å². The number of anilines is 2. The molecule has 1 aliphatic rings. The summed E-state index contributed by atoms with van der Waals surface area (Å²) in [7, 11) is 0. The molecule has 0 aliphatic heterocycles. The van der Waals surface area contributed by atoms with Crippen LogP contribution in [0.5, 0.6) is 0 Å². The van der Waals surface area contributed by atoms with Crippen LogP contribution in [0.2, 0.25) is 0 Å². The van der Waals surface area contributed by atoms with Gasteiger partial charge in [-0.25, -0.2) is 4.98 Å². The lowest BCUT2D eigenvalue weighted by Gasteiger charge is -2.35. The van der Waals surface area contributed by atoms with Gasteiger partial charge in [-0.1, -0.05) is 152 Å². The van der Waals surface area contributed by atoms with Gasteiger partial charge >= 0.3 is 0 Å². The molecule has 11 rings (SSSR count). The second-order valence-corrected chi connectivity index (χ2v) is 14.7. The molecule has 1 unspecified atom stereocenters. The van der Waals surface area contributed by atoms with E-state index < -0.39 is 0 Å². The molecular formula is C53H37N3O. The zero-order valence-electron chi connectivity index (χ0n) is 31.2. The number of benzene rings is 8. The van der Waals surface area contributed by atoms with Gasteiger partial charge in [-0.05, 0) is 83.1 Å². The van der Waals surface area contributed by atoms with Crippen LogP contribution in [0.1, 0.15) is 6.42 Å². The molecule has 0 spiro atoms. The fraction of sp³-hybridized carbons (Fsp3) is 0.0377. The van der Waals surface area contributed by atoms with E-state index in [9.17, 15) is 0 Å². The Kier molecular flexibility index (Phi) is 7.92. The fourth-order valence-electron chi connectivity index (χ4n) is 8.71. The number of rotatable bonds is 7. The summed E-state index contributed by atoms with van der Waals surface area (Å²) >= 11 is 0. The van der Waals surface area contributed by atoms with Crippen LogP contribution in [0, 0.1) is 0 Å². The molecule has 2 heterocycles. The maximum absolute atomic E-state index is 6.42. The Morgan fingerprint density at radius 3 is 1.84 bits per heavy atom. The molecule has 0 N–H and O–H groups in total. The average molecular weight is 732 g/mol. The summed E-state index contributed by atoms with van der Waals surface area (Å²) < 4.78 is 8.83. The van der Waals surface area contributed by atoms with Crippen molar-refractivity contribution < 1.29 is 4.42 Å². The molecule has 2 aromatic heterocycles. The second kappa shape index (κ2) is 13.7. The molecular weight excluding hydrogens is 695 g/mol. The summed E-state index contributed by atoms with van der Waals surface area (Å²) in [5.41, 5.74) is 13.3. The van der Waals surface area contributed by atoms with Crippen molar-refractivity contribution in [3.05, 3.63) is 206 Å². The first-order valence-corrected chi connectivity index (χ1v) is 19.6. The molecule has 4 heteroatoms. The van der Waals surface area contributed by atoms with Gasteiger partial charge in [-0.2, -0.15) is 0 Å². The molecule has 0 fully saturated rings. The van der Waals surface area contributed by atoms with E-state index in [4.69, 9.17) is 9.40 Å². The quantitative estimate of drug-likeness (QED) is 0.164. The minimum absolute atomic E-state index is 0.0913. The highest BCUT2D eigenvalue weighted by molar-refractivity contribution is 6.11. The highest BCUT2D eigenvalue weighted by atomic mass is 16.3. The standard InChI is InChI=1S/C53H37N3O/c1-3-14-36(15-4-1)43-18-7-10-23-49(43)55(40-30-32-41(33-31-40)56-50-24-11-8-19-45(50)46-20-9-12-25-51(46)56)39-28-26-37(27-29-39)42-21-13-22-47-44(42)34-35-48-52(47)57-53(54-48)38-16-5-2-6-17-38/h1-30,32-35,40H,31H2. The molecule has 1 aliphatic carbocycles. The van der Waals surface area contributed by atoms with Gasteiger partial charge in [-0.15, -0.1) is 0 Å². The molecule has 57 heavy (non-hydrogen) atoms. The summed E-state index contributed by atoms with van der Waals surface area (Å²) in [5.74, 6) is 0.637. The highest BCUT2D eigenvalue weighted by Crippen LogP contribution is 2.42. The molecule has 0 saturated heterocycles. The van der Waals surface area contributed by atoms with Crippen LogP contribution in [0.15, 0.2) is 211 Å². The number of oxazole rings is 1. The van der Waals surface area contributed by atoms with Gasteiger partial charge in [-0.3, -0.25) is 0 Å². The Labute approximate surface area is 330 Å². The van der Waals surface area contributed by atoms with Crippen molar-refractivity contribution in [2.45, 2.75) is 12.5 Å². The Morgan fingerprint density at radius 1 is 0.509 bits per heavy atom. The summed E-state index contributed by atoms with van der Waals surface area (Å²) in [5, 5.41) is 4.74. The third-order valence-electron chi connectivity index (χ3n) is 11.4. The van der Waals surface area contributed by atoms with Crippen LogP contribution >= 0.6 is 0 Å². The number of nitrogens with zero attached hydrogens (tertiary/aromatic N) is 3. The van der Waals surface area contributed by atoms with Gasteiger partial charge in [0.15, 0.2) is 5.58 Å². The molecule has 0 bridgehead atoms. The van der Waals surface area contributed by atoms with Gasteiger partial charge in [0.2, 0.25) is 5.89 Å². The molecule has 0 saturated carbocycles. The van der Waals surface area contributed by atoms with E-state index >= 15 is 0 Å². The maximum atomic E-state index is 6.42. The number of hydrogen-bond donors (Lipinski definition) is 0. The minimum Gasteiger partial charge on any atom is -0.435 e. The number of fused-ring (bicyclic) bond motifs is 6. The van der Waals surface area contributed by atoms with Crippen molar-refractivity contribution in [1.82, 2.24) is 9.55 Å². The molecule has 0 amide bonds. The average Bonchev–Trinajstić information content (AvgIpc) is 3.88. The molecule has 8 aromatic carbocycles. The minimum atomic E-state index is 0.0913. The Hall–Kier alpha value is -7.43. The van der Waals surface area contributed by atoms with Gasteiger partial charge < -0.3 is 13.9 Å². The first kappa shape index (κ1) is 33.0. The van der Waals surface area contributed by atoms with Crippen molar-refractivity contribution in [3.63, 3.8) is 0 Å². The zero-order chi connectivity index (χ0) is 37.7. The zero-order valence-corrected chi connectivity index (χ0v) is 31.2. The third-order valence-corrected chi connectivity index (χ3v) is 11.4. The summed E-state index contributed by atoms with van der Waals surface area (Å²) in [6, 6.07) is 66.9. The number of para-hydroxylation sites is 3. The van der Waals surface area contributed by atoms with E-state index in [0.717, 1.165) is 50.7 Å². The molecule has 270 valence electrons. The number of aromatic nitrogens is 2. The second-order valence-electron chi connectivity index (χ2n) is 14.7. The van der Waals surface area contributed by atoms with E-state index in [1.54, 1.807) is 0 Å². The summed E-state index contributed by atoms with van der Waals surface area (Å²) in [4.78, 5) is 7.34. The van der Waals surface area contributed by atoms with Crippen LogP contribution in [0.25, 0.3) is 83.1 Å². The van der Waals surface area contributed by atoms with E-state index in [-0.39, 0.29) is 6.04 Å². The Morgan fingerprint density at radius 2 is 1.12 bits per heavy atom. The molecule has 0 radical (unpaired) electrons. The van der Waals surface area contributed by atoms with Crippen molar-refractivity contribution >= 4 is 60.7 Å². The number of allylic oxidation sites excluding steroid dienone is 2. The van der Waals surface area contributed by atoms with Crippen molar-refractivity contribution in [2.75, 3.05) is 4.90 Å². The van der Waals surface area contributed by atoms with Crippen molar-refractivity contribution in [1.29, 1.82) is 0 Å². The van der Waals surface area contributed by atoms with Crippen molar-refractivity contribution in [2.24, 2.45) is 0 Å². The SMILES string of the molecule is C1=CC(N(c2ccc(-c3cccc4c3ccc3nc(-c5ccccc5)oc34)cc2)c2ccccc2-c2ccccc2)CC=C1n1c2ccccc2c2ccccc21. The summed E-state index contributed by atoms with van der Waals surface area (Å²) in [6.45, 7) is 0. The maximum Gasteiger partial charge on any atom is 0.227 e. The van der Waals surface area contributed by atoms with Crippen LogP contribution in [-0.4, -0.2) is 15.6 Å². The predicted octanol–water partition coefficient (Wildman–Crippen LogP) is 14.1. The Balaban J connectivity index is 0.991. The van der Waals surface area contributed by atoms with Crippen LogP contribution in [-0.2, 0) is 0 Å². The number of hydrogen-bond acceptors (Lipinski definition) is 3. The lowest BCUT2D eigenvalue weighted by molar-refractivity contribution is 0.623. The smallest absolute Gasteiger partial charge is 0.227 e. The molecule has 1 atom stereocenters. The van der Waals surface area contributed by atoms with Crippen molar-refractivity contribution in [3.8, 4) is 33.7 Å². The molecule has 10 aromatic rings. The van der Waals surface area contributed by atoms with Gasteiger partial charge in [0, 0.05) is 44.4 Å². The lowest BCUT2D eigenvalue weighted by atomic mass is 9.96. The van der Waals surface area contributed by atoms with E-state index in [1.807, 2.05) is 30.3 Å². The molecule has 4 nitrogen and oxygen atoms in total. The van der Waals surface area contributed by atoms with Gasteiger partial charge in [0.05, 0.1) is 17.1 Å². The van der Waals surface area contributed by atoms with Crippen LogP contribution < -0.4 is 4.90 Å². The normalized spacial score (nSPS) is 14.1. The largest absolute Gasteiger partial charge is 0.435 e. The predicted molar refractivity (Wildman–Crippen MR) is 238 cm³/mol.